The van der Waals surface area contributed by atoms with Gasteiger partial charge in [0.1, 0.15) is 0 Å². The zero-order valence-corrected chi connectivity index (χ0v) is 10.1. The topological polar surface area (TPSA) is 12.0 Å². The van der Waals surface area contributed by atoms with Gasteiger partial charge in [-0.1, -0.05) is 60.7 Å². The fourth-order valence-corrected chi connectivity index (χ4v) is 2.20. The minimum atomic E-state index is 0.277. The highest BCUT2D eigenvalue weighted by molar-refractivity contribution is 5.64. The van der Waals surface area contributed by atoms with Crippen LogP contribution >= 0.6 is 0 Å². The molecule has 0 aliphatic carbocycles. The molecule has 1 heterocycles. The average molecular weight is 233 g/mol. The number of hydrogen-bond acceptors (Lipinski definition) is 1. The van der Waals surface area contributed by atoms with E-state index in [2.05, 4.69) is 66.0 Å². The molecular formula is C17H15N. The Morgan fingerprint density at radius 1 is 0.778 bits per heavy atom. The highest BCUT2D eigenvalue weighted by Crippen LogP contribution is 2.24. The van der Waals surface area contributed by atoms with Gasteiger partial charge in [0.2, 0.25) is 0 Å². The van der Waals surface area contributed by atoms with Gasteiger partial charge in [-0.05, 0) is 35.0 Å². The Labute approximate surface area is 107 Å². The van der Waals surface area contributed by atoms with Crippen molar-refractivity contribution in [1.29, 1.82) is 0 Å². The van der Waals surface area contributed by atoms with E-state index in [1.54, 1.807) is 0 Å². The molecule has 2 aromatic rings. The highest BCUT2D eigenvalue weighted by Gasteiger charge is 2.08. The Bertz CT molecular complexity index is 582. The van der Waals surface area contributed by atoms with Crippen LogP contribution in [0.15, 0.2) is 79.0 Å². The van der Waals surface area contributed by atoms with Crippen molar-refractivity contribution < 1.29 is 0 Å². The van der Waals surface area contributed by atoms with Crippen molar-refractivity contribution in [2.75, 3.05) is 0 Å². The van der Waals surface area contributed by atoms with Gasteiger partial charge in [0, 0.05) is 0 Å². The molecule has 1 N–H and O–H groups in total. The summed E-state index contributed by atoms with van der Waals surface area (Å²) in [6, 6.07) is 19.4. The molecule has 2 aromatic carbocycles. The van der Waals surface area contributed by atoms with E-state index in [9.17, 15) is 0 Å². The third kappa shape index (κ3) is 2.21. The molecule has 1 heteroatoms. The number of nitrogens with one attached hydrogen (secondary N) is 1. The predicted molar refractivity (Wildman–Crippen MR) is 76.0 cm³/mol. The molecule has 0 fully saturated rings. The number of rotatable bonds is 2. The van der Waals surface area contributed by atoms with Crippen molar-refractivity contribution in [1.82, 2.24) is 5.32 Å². The van der Waals surface area contributed by atoms with Crippen LogP contribution in [-0.2, 0) is 0 Å². The maximum Gasteiger partial charge on any atom is 0.0695 e. The Kier molecular flexibility index (Phi) is 2.97. The van der Waals surface area contributed by atoms with E-state index in [-0.39, 0.29) is 6.04 Å². The van der Waals surface area contributed by atoms with Crippen molar-refractivity contribution in [3.63, 3.8) is 0 Å². The Morgan fingerprint density at radius 3 is 2.39 bits per heavy atom. The van der Waals surface area contributed by atoms with E-state index in [4.69, 9.17) is 0 Å². The molecule has 0 spiro atoms. The SMILES string of the molecule is C1=CNC(c2cccc(-c3ccccc3)c2)C=C1. The van der Waals surface area contributed by atoms with E-state index in [0.717, 1.165) is 0 Å². The third-order valence-corrected chi connectivity index (χ3v) is 3.14. The molecular weight excluding hydrogens is 218 g/mol. The van der Waals surface area contributed by atoms with Crippen LogP contribution < -0.4 is 5.32 Å². The minimum absolute atomic E-state index is 0.277. The fourth-order valence-electron chi connectivity index (χ4n) is 2.20. The van der Waals surface area contributed by atoms with Crippen molar-refractivity contribution in [3.05, 3.63) is 84.6 Å². The van der Waals surface area contributed by atoms with Crippen molar-refractivity contribution in [3.8, 4) is 11.1 Å². The molecule has 3 rings (SSSR count). The third-order valence-electron chi connectivity index (χ3n) is 3.14. The average Bonchev–Trinajstić information content (AvgIpc) is 2.49. The summed E-state index contributed by atoms with van der Waals surface area (Å²) in [6.07, 6.45) is 8.25. The molecule has 1 atom stereocenters. The van der Waals surface area contributed by atoms with Crippen LogP contribution in [0, 0.1) is 0 Å². The Balaban J connectivity index is 1.94. The van der Waals surface area contributed by atoms with Gasteiger partial charge in [-0.25, -0.2) is 0 Å². The lowest BCUT2D eigenvalue weighted by molar-refractivity contribution is 0.747. The quantitative estimate of drug-likeness (QED) is 0.824. The Hall–Kier alpha value is -2.28. The summed E-state index contributed by atoms with van der Waals surface area (Å²) in [4.78, 5) is 0. The summed E-state index contributed by atoms with van der Waals surface area (Å²) in [6.45, 7) is 0. The molecule has 1 aliphatic heterocycles. The van der Waals surface area contributed by atoms with E-state index < -0.39 is 0 Å². The molecule has 0 aromatic heterocycles. The van der Waals surface area contributed by atoms with Crippen LogP contribution in [0.25, 0.3) is 11.1 Å². The molecule has 1 nitrogen and oxygen atoms in total. The summed E-state index contributed by atoms with van der Waals surface area (Å²) in [7, 11) is 0. The molecule has 88 valence electrons. The molecule has 0 saturated carbocycles. The van der Waals surface area contributed by atoms with Crippen LogP contribution in [0.3, 0.4) is 0 Å². The minimum Gasteiger partial charge on any atom is -0.381 e. The summed E-state index contributed by atoms with van der Waals surface area (Å²) in [5.74, 6) is 0. The van der Waals surface area contributed by atoms with Gasteiger partial charge < -0.3 is 5.32 Å². The first-order chi connectivity index (χ1) is 8.93. The van der Waals surface area contributed by atoms with E-state index in [1.165, 1.54) is 16.7 Å². The monoisotopic (exact) mass is 233 g/mol. The van der Waals surface area contributed by atoms with Gasteiger partial charge in [-0.15, -0.1) is 0 Å². The zero-order chi connectivity index (χ0) is 12.2. The van der Waals surface area contributed by atoms with E-state index in [0.29, 0.717) is 0 Å². The number of allylic oxidation sites excluding steroid dienone is 2. The van der Waals surface area contributed by atoms with Crippen molar-refractivity contribution in [2.24, 2.45) is 0 Å². The molecule has 0 saturated heterocycles. The first kappa shape index (κ1) is 10.8. The Morgan fingerprint density at radius 2 is 1.61 bits per heavy atom. The van der Waals surface area contributed by atoms with Crippen LogP contribution in [0.1, 0.15) is 11.6 Å². The second-order valence-corrected chi connectivity index (χ2v) is 4.38. The van der Waals surface area contributed by atoms with Gasteiger partial charge in [-0.3, -0.25) is 0 Å². The first-order valence-electron chi connectivity index (χ1n) is 6.18. The summed E-state index contributed by atoms with van der Waals surface area (Å²) in [5.41, 5.74) is 3.81. The number of benzene rings is 2. The molecule has 0 bridgehead atoms. The van der Waals surface area contributed by atoms with Gasteiger partial charge in [0.25, 0.3) is 0 Å². The highest BCUT2D eigenvalue weighted by atomic mass is 14.9. The lowest BCUT2D eigenvalue weighted by Crippen LogP contribution is -2.14. The van der Waals surface area contributed by atoms with E-state index >= 15 is 0 Å². The largest absolute Gasteiger partial charge is 0.381 e. The normalized spacial score (nSPS) is 17.4. The molecule has 1 aliphatic rings. The van der Waals surface area contributed by atoms with Crippen molar-refractivity contribution >= 4 is 0 Å². The van der Waals surface area contributed by atoms with Gasteiger partial charge >= 0.3 is 0 Å². The van der Waals surface area contributed by atoms with Crippen molar-refractivity contribution in [2.45, 2.75) is 6.04 Å². The van der Waals surface area contributed by atoms with Crippen LogP contribution in [0.2, 0.25) is 0 Å². The summed E-state index contributed by atoms with van der Waals surface area (Å²) < 4.78 is 0. The molecule has 1 unspecified atom stereocenters. The van der Waals surface area contributed by atoms with Crippen LogP contribution in [0.4, 0.5) is 0 Å². The predicted octanol–water partition coefficient (Wildman–Crippen LogP) is 4.07. The summed E-state index contributed by atoms with van der Waals surface area (Å²) >= 11 is 0. The van der Waals surface area contributed by atoms with Gasteiger partial charge in [0.15, 0.2) is 0 Å². The standard InChI is InChI=1S/C17H15N/c1-2-7-14(8-3-1)15-9-6-10-16(13-15)17-11-4-5-12-18-17/h1-13,17-18H. The fraction of sp³-hybridized carbons (Fsp3) is 0.0588. The lowest BCUT2D eigenvalue weighted by Gasteiger charge is -2.17. The maximum absolute atomic E-state index is 3.35. The molecule has 18 heavy (non-hydrogen) atoms. The van der Waals surface area contributed by atoms with Gasteiger partial charge in [0.05, 0.1) is 6.04 Å². The van der Waals surface area contributed by atoms with Gasteiger partial charge in [-0.2, -0.15) is 0 Å². The second-order valence-electron chi connectivity index (χ2n) is 4.38. The number of dihydropyridines is 1. The molecule has 0 radical (unpaired) electrons. The summed E-state index contributed by atoms with van der Waals surface area (Å²) in [5, 5.41) is 3.35. The lowest BCUT2D eigenvalue weighted by atomic mass is 9.99. The second kappa shape index (κ2) is 4.92. The number of hydrogen-bond donors (Lipinski definition) is 1. The first-order valence-corrected chi connectivity index (χ1v) is 6.18. The maximum atomic E-state index is 3.35. The van der Waals surface area contributed by atoms with E-state index in [1.807, 2.05) is 18.3 Å². The molecule has 0 amide bonds. The smallest absolute Gasteiger partial charge is 0.0695 e. The zero-order valence-electron chi connectivity index (χ0n) is 10.1. The van der Waals surface area contributed by atoms with Crippen LogP contribution in [0.5, 0.6) is 0 Å². The van der Waals surface area contributed by atoms with Crippen LogP contribution in [-0.4, -0.2) is 0 Å².